The maximum absolute atomic E-state index is 10.9. The second-order valence-corrected chi connectivity index (χ2v) is 3.95. The van der Waals surface area contributed by atoms with Gasteiger partial charge in [-0.3, -0.25) is 4.79 Å². The minimum absolute atomic E-state index is 0.277. The van der Waals surface area contributed by atoms with E-state index in [9.17, 15) is 4.79 Å². The third-order valence-corrected chi connectivity index (χ3v) is 3.27. The minimum atomic E-state index is -0.718. The van der Waals surface area contributed by atoms with Gasteiger partial charge in [-0.05, 0) is 18.8 Å². The second kappa shape index (κ2) is 3.14. The van der Waals surface area contributed by atoms with E-state index in [0.717, 1.165) is 12.8 Å². The molecule has 2 rings (SSSR count). The lowest BCUT2D eigenvalue weighted by Crippen LogP contribution is -2.37. The Hall–Kier alpha value is -0.830. The van der Waals surface area contributed by atoms with Gasteiger partial charge in [-0.25, -0.2) is 0 Å². The first kappa shape index (κ1) is 8.75. The van der Waals surface area contributed by atoms with Gasteiger partial charge in [0.05, 0.1) is 19.1 Å². The number of carboxylic acid groups (broad SMARTS) is 1. The maximum atomic E-state index is 10.9. The highest BCUT2D eigenvalue weighted by atomic mass is 16.5. The van der Waals surface area contributed by atoms with Crippen molar-refractivity contribution in [1.82, 2.24) is 0 Å². The van der Waals surface area contributed by atoms with Gasteiger partial charge < -0.3 is 9.84 Å². The van der Waals surface area contributed by atoms with Crippen LogP contribution in [0.1, 0.15) is 12.8 Å². The molecule has 0 radical (unpaired) electrons. The molecule has 1 saturated carbocycles. The van der Waals surface area contributed by atoms with Crippen molar-refractivity contribution in [3.63, 3.8) is 0 Å². The topological polar surface area (TPSA) is 46.5 Å². The van der Waals surface area contributed by atoms with E-state index in [1.165, 1.54) is 5.57 Å². The number of hydrogen-bond acceptors (Lipinski definition) is 2. The fourth-order valence-corrected chi connectivity index (χ4v) is 2.46. The molecule has 0 spiro atoms. The summed E-state index contributed by atoms with van der Waals surface area (Å²) >= 11 is 0. The van der Waals surface area contributed by atoms with Crippen molar-refractivity contribution in [1.29, 1.82) is 0 Å². The quantitative estimate of drug-likeness (QED) is 0.622. The third kappa shape index (κ3) is 1.37. The van der Waals surface area contributed by atoms with Crippen LogP contribution in [0, 0.1) is 17.8 Å². The van der Waals surface area contributed by atoms with Crippen LogP contribution in [0.2, 0.25) is 0 Å². The highest BCUT2D eigenvalue weighted by Gasteiger charge is 2.42. The summed E-state index contributed by atoms with van der Waals surface area (Å²) in [6, 6.07) is 0. The lowest BCUT2D eigenvalue weighted by Gasteiger charge is -2.31. The third-order valence-electron chi connectivity index (χ3n) is 3.27. The van der Waals surface area contributed by atoms with E-state index < -0.39 is 5.97 Å². The second-order valence-electron chi connectivity index (χ2n) is 3.95. The summed E-state index contributed by atoms with van der Waals surface area (Å²) in [6.07, 6.45) is 1.95. The van der Waals surface area contributed by atoms with Gasteiger partial charge >= 0.3 is 5.97 Å². The van der Waals surface area contributed by atoms with Crippen LogP contribution in [0.5, 0.6) is 0 Å². The van der Waals surface area contributed by atoms with Gasteiger partial charge in [0, 0.05) is 5.92 Å². The SMILES string of the molecule is C=C1CCC2C1COCC2C(=O)O. The van der Waals surface area contributed by atoms with E-state index in [1.54, 1.807) is 0 Å². The zero-order chi connectivity index (χ0) is 9.42. The van der Waals surface area contributed by atoms with Gasteiger partial charge in [-0.2, -0.15) is 0 Å². The van der Waals surface area contributed by atoms with Crippen molar-refractivity contribution in [2.24, 2.45) is 17.8 Å². The Morgan fingerprint density at radius 1 is 1.54 bits per heavy atom. The van der Waals surface area contributed by atoms with Crippen molar-refractivity contribution in [2.45, 2.75) is 12.8 Å². The summed E-state index contributed by atoms with van der Waals surface area (Å²) in [5, 5.41) is 8.96. The Balaban J connectivity index is 2.16. The van der Waals surface area contributed by atoms with E-state index >= 15 is 0 Å². The van der Waals surface area contributed by atoms with Crippen molar-refractivity contribution in [3.05, 3.63) is 12.2 Å². The average molecular weight is 182 g/mol. The van der Waals surface area contributed by atoms with Gasteiger partial charge in [-0.15, -0.1) is 0 Å². The van der Waals surface area contributed by atoms with E-state index in [0.29, 0.717) is 19.1 Å². The zero-order valence-electron chi connectivity index (χ0n) is 7.53. The first-order chi connectivity index (χ1) is 6.20. The summed E-state index contributed by atoms with van der Waals surface area (Å²) in [4.78, 5) is 10.9. The zero-order valence-corrected chi connectivity index (χ0v) is 7.53. The molecule has 0 aromatic carbocycles. The molecule has 72 valence electrons. The predicted octanol–water partition coefficient (Wildman–Crippen LogP) is 1.30. The van der Waals surface area contributed by atoms with E-state index in [2.05, 4.69) is 6.58 Å². The fourth-order valence-electron chi connectivity index (χ4n) is 2.46. The Labute approximate surface area is 77.4 Å². The molecule has 2 aliphatic rings. The Morgan fingerprint density at radius 2 is 2.31 bits per heavy atom. The molecule has 0 aromatic heterocycles. The van der Waals surface area contributed by atoms with E-state index in [-0.39, 0.29) is 11.8 Å². The summed E-state index contributed by atoms with van der Waals surface area (Å²) in [7, 11) is 0. The number of carboxylic acids is 1. The minimum Gasteiger partial charge on any atom is -0.481 e. The first-order valence-corrected chi connectivity index (χ1v) is 4.68. The van der Waals surface area contributed by atoms with Gasteiger partial charge in [0.15, 0.2) is 0 Å². The monoisotopic (exact) mass is 182 g/mol. The highest BCUT2D eigenvalue weighted by Crippen LogP contribution is 2.42. The van der Waals surface area contributed by atoms with Gasteiger partial charge in [0.1, 0.15) is 0 Å². The van der Waals surface area contributed by atoms with Crippen LogP contribution in [0.15, 0.2) is 12.2 Å². The molecule has 0 bridgehead atoms. The molecule has 1 N–H and O–H groups in total. The molecule has 13 heavy (non-hydrogen) atoms. The molecular weight excluding hydrogens is 168 g/mol. The largest absolute Gasteiger partial charge is 0.481 e. The Kier molecular flexibility index (Phi) is 2.12. The van der Waals surface area contributed by atoms with Crippen molar-refractivity contribution < 1.29 is 14.6 Å². The molecule has 1 aliphatic heterocycles. The Bertz CT molecular complexity index is 247. The summed E-state index contributed by atoms with van der Waals surface area (Å²) < 4.78 is 5.29. The van der Waals surface area contributed by atoms with Crippen LogP contribution in [0.4, 0.5) is 0 Å². The van der Waals surface area contributed by atoms with Gasteiger partial charge in [0.2, 0.25) is 0 Å². The summed E-state index contributed by atoms with van der Waals surface area (Å²) in [6.45, 7) is 5.01. The van der Waals surface area contributed by atoms with Crippen molar-refractivity contribution >= 4 is 5.97 Å². The summed E-state index contributed by atoms with van der Waals surface area (Å²) in [5.41, 5.74) is 1.18. The molecule has 1 heterocycles. The number of carbonyl (C=O) groups is 1. The normalized spacial score (nSPS) is 38.8. The van der Waals surface area contributed by atoms with Crippen LogP contribution in [0.25, 0.3) is 0 Å². The van der Waals surface area contributed by atoms with Crippen LogP contribution in [0.3, 0.4) is 0 Å². The average Bonchev–Trinajstić information content (AvgIpc) is 2.48. The van der Waals surface area contributed by atoms with Crippen LogP contribution in [-0.4, -0.2) is 24.3 Å². The predicted molar refractivity (Wildman–Crippen MR) is 47.3 cm³/mol. The van der Waals surface area contributed by atoms with Gasteiger partial charge in [0.25, 0.3) is 0 Å². The molecule has 3 atom stereocenters. The molecule has 1 aliphatic carbocycles. The number of rotatable bonds is 1. The van der Waals surface area contributed by atoms with Crippen molar-refractivity contribution in [3.8, 4) is 0 Å². The molecule has 2 fully saturated rings. The molecular formula is C10H14O3. The Morgan fingerprint density at radius 3 is 3.00 bits per heavy atom. The molecule has 0 aromatic rings. The summed E-state index contributed by atoms with van der Waals surface area (Å²) in [5.74, 6) is -0.448. The highest BCUT2D eigenvalue weighted by molar-refractivity contribution is 5.71. The number of fused-ring (bicyclic) bond motifs is 1. The lowest BCUT2D eigenvalue weighted by atomic mass is 9.82. The first-order valence-electron chi connectivity index (χ1n) is 4.68. The lowest BCUT2D eigenvalue weighted by molar-refractivity contribution is -0.150. The smallest absolute Gasteiger partial charge is 0.309 e. The molecule has 3 unspecified atom stereocenters. The maximum Gasteiger partial charge on any atom is 0.309 e. The fraction of sp³-hybridized carbons (Fsp3) is 0.700. The molecule has 0 amide bonds. The van der Waals surface area contributed by atoms with Crippen LogP contribution in [-0.2, 0) is 9.53 Å². The number of aliphatic carboxylic acids is 1. The molecule has 3 nitrogen and oxygen atoms in total. The van der Waals surface area contributed by atoms with Crippen LogP contribution < -0.4 is 0 Å². The van der Waals surface area contributed by atoms with Crippen LogP contribution >= 0.6 is 0 Å². The standard InChI is InChI=1S/C10H14O3/c1-6-2-3-7-8(6)4-13-5-9(7)10(11)12/h7-9H,1-5H2,(H,11,12). The molecule has 1 saturated heterocycles. The molecule has 3 heteroatoms. The van der Waals surface area contributed by atoms with E-state index in [1.807, 2.05) is 0 Å². The van der Waals surface area contributed by atoms with Crippen molar-refractivity contribution in [2.75, 3.05) is 13.2 Å². The number of hydrogen-bond donors (Lipinski definition) is 1. The van der Waals surface area contributed by atoms with E-state index in [4.69, 9.17) is 9.84 Å². The number of ether oxygens (including phenoxy) is 1. The van der Waals surface area contributed by atoms with Gasteiger partial charge in [-0.1, -0.05) is 12.2 Å².